The minimum absolute atomic E-state index is 0.189. The summed E-state index contributed by atoms with van der Waals surface area (Å²) in [6.45, 7) is 17.7. The summed E-state index contributed by atoms with van der Waals surface area (Å²) in [6, 6.07) is 0.472. The van der Waals surface area contributed by atoms with Crippen molar-refractivity contribution in [2.75, 3.05) is 13.2 Å². The number of rotatable bonds is 9. The minimum atomic E-state index is 0.189. The van der Waals surface area contributed by atoms with Gasteiger partial charge in [0.05, 0.1) is 6.10 Å². The lowest BCUT2D eigenvalue weighted by atomic mass is 9.81. The SMILES string of the molecule is CCCNC(CC(C)CC)C(OCC)C(C)(C)C. The van der Waals surface area contributed by atoms with E-state index in [1.165, 1.54) is 19.3 Å². The second-order valence-electron chi connectivity index (χ2n) is 6.55. The first-order valence-corrected chi connectivity index (χ1v) is 7.71. The zero-order valence-corrected chi connectivity index (χ0v) is 13.7. The van der Waals surface area contributed by atoms with Crippen molar-refractivity contribution in [3.05, 3.63) is 0 Å². The van der Waals surface area contributed by atoms with E-state index < -0.39 is 0 Å². The fourth-order valence-corrected chi connectivity index (χ4v) is 2.39. The Labute approximate surface area is 115 Å². The molecule has 0 rings (SSSR count). The van der Waals surface area contributed by atoms with Crippen LogP contribution in [0.15, 0.2) is 0 Å². The molecule has 110 valence electrons. The number of hydrogen-bond donors (Lipinski definition) is 1. The normalized spacial score (nSPS) is 17.5. The largest absolute Gasteiger partial charge is 0.376 e. The summed E-state index contributed by atoms with van der Waals surface area (Å²) in [5.41, 5.74) is 0.189. The third-order valence-electron chi connectivity index (χ3n) is 3.57. The summed E-state index contributed by atoms with van der Waals surface area (Å²) >= 11 is 0. The number of ether oxygens (including phenoxy) is 1. The monoisotopic (exact) mass is 257 g/mol. The van der Waals surface area contributed by atoms with Gasteiger partial charge in [-0.25, -0.2) is 0 Å². The van der Waals surface area contributed by atoms with Crippen LogP contribution >= 0.6 is 0 Å². The molecule has 0 aromatic carbocycles. The van der Waals surface area contributed by atoms with E-state index in [2.05, 4.69) is 53.8 Å². The summed E-state index contributed by atoms with van der Waals surface area (Å²) in [6.07, 6.45) is 3.93. The van der Waals surface area contributed by atoms with Crippen molar-refractivity contribution < 1.29 is 4.74 Å². The molecule has 0 aliphatic heterocycles. The molecular weight excluding hydrogens is 222 g/mol. The molecule has 3 atom stereocenters. The summed E-state index contributed by atoms with van der Waals surface area (Å²) in [7, 11) is 0. The van der Waals surface area contributed by atoms with Gasteiger partial charge in [0.1, 0.15) is 0 Å². The molecular formula is C16H35NO. The predicted molar refractivity (Wildman–Crippen MR) is 81.0 cm³/mol. The highest BCUT2D eigenvalue weighted by Crippen LogP contribution is 2.28. The maximum absolute atomic E-state index is 6.05. The molecule has 0 aliphatic carbocycles. The summed E-state index contributed by atoms with van der Waals surface area (Å²) < 4.78 is 6.05. The van der Waals surface area contributed by atoms with Gasteiger partial charge in [0.15, 0.2) is 0 Å². The van der Waals surface area contributed by atoms with E-state index in [-0.39, 0.29) is 5.41 Å². The van der Waals surface area contributed by atoms with Crippen LogP contribution in [0.1, 0.15) is 67.7 Å². The molecule has 0 bridgehead atoms. The highest BCUT2D eigenvalue weighted by atomic mass is 16.5. The van der Waals surface area contributed by atoms with Crippen molar-refractivity contribution in [1.29, 1.82) is 0 Å². The Bertz CT molecular complexity index is 198. The van der Waals surface area contributed by atoms with Crippen LogP contribution in [-0.4, -0.2) is 25.3 Å². The van der Waals surface area contributed by atoms with Crippen molar-refractivity contribution in [2.45, 2.75) is 79.9 Å². The van der Waals surface area contributed by atoms with E-state index >= 15 is 0 Å². The van der Waals surface area contributed by atoms with Gasteiger partial charge in [-0.3, -0.25) is 0 Å². The van der Waals surface area contributed by atoms with Crippen LogP contribution in [0.2, 0.25) is 0 Å². The van der Waals surface area contributed by atoms with Crippen molar-refractivity contribution >= 4 is 0 Å². The minimum Gasteiger partial charge on any atom is -0.376 e. The summed E-state index contributed by atoms with van der Waals surface area (Å²) in [5, 5.41) is 3.70. The highest BCUT2D eigenvalue weighted by molar-refractivity contribution is 4.87. The van der Waals surface area contributed by atoms with Crippen LogP contribution < -0.4 is 5.32 Å². The third-order valence-corrected chi connectivity index (χ3v) is 3.57. The Kier molecular flexibility index (Phi) is 8.89. The van der Waals surface area contributed by atoms with Gasteiger partial charge in [0.25, 0.3) is 0 Å². The van der Waals surface area contributed by atoms with Gasteiger partial charge in [0, 0.05) is 12.6 Å². The summed E-state index contributed by atoms with van der Waals surface area (Å²) in [5.74, 6) is 0.754. The first kappa shape index (κ1) is 17.9. The molecule has 3 unspecified atom stereocenters. The number of nitrogens with one attached hydrogen (secondary N) is 1. The van der Waals surface area contributed by atoms with Gasteiger partial charge in [-0.2, -0.15) is 0 Å². The van der Waals surface area contributed by atoms with Crippen LogP contribution in [0.25, 0.3) is 0 Å². The maximum atomic E-state index is 6.05. The molecule has 0 spiro atoms. The average Bonchev–Trinajstić information content (AvgIpc) is 2.30. The molecule has 0 saturated carbocycles. The molecule has 18 heavy (non-hydrogen) atoms. The Morgan fingerprint density at radius 1 is 1.11 bits per heavy atom. The van der Waals surface area contributed by atoms with Crippen LogP contribution in [-0.2, 0) is 4.74 Å². The van der Waals surface area contributed by atoms with Gasteiger partial charge in [-0.1, -0.05) is 48.0 Å². The van der Waals surface area contributed by atoms with Crippen molar-refractivity contribution in [1.82, 2.24) is 5.32 Å². The van der Waals surface area contributed by atoms with Gasteiger partial charge >= 0.3 is 0 Å². The third kappa shape index (κ3) is 6.75. The molecule has 0 saturated heterocycles. The van der Waals surface area contributed by atoms with E-state index in [1.807, 2.05) is 0 Å². The zero-order chi connectivity index (χ0) is 14.2. The standard InChI is InChI=1S/C16H35NO/c1-8-11-17-14(12-13(4)9-2)15(18-10-3)16(5,6)7/h13-15,17H,8-12H2,1-7H3. The Balaban J connectivity index is 4.73. The van der Waals surface area contributed by atoms with E-state index in [0.29, 0.717) is 12.1 Å². The second kappa shape index (κ2) is 8.92. The van der Waals surface area contributed by atoms with E-state index in [0.717, 1.165) is 19.1 Å². The molecule has 0 aromatic rings. The van der Waals surface area contributed by atoms with E-state index in [4.69, 9.17) is 4.74 Å². The second-order valence-corrected chi connectivity index (χ2v) is 6.55. The molecule has 1 N–H and O–H groups in total. The van der Waals surface area contributed by atoms with Crippen molar-refractivity contribution in [3.8, 4) is 0 Å². The average molecular weight is 257 g/mol. The maximum Gasteiger partial charge on any atom is 0.0776 e. The Hall–Kier alpha value is -0.0800. The Morgan fingerprint density at radius 2 is 1.72 bits per heavy atom. The quantitative estimate of drug-likeness (QED) is 0.667. The highest BCUT2D eigenvalue weighted by Gasteiger charge is 2.33. The van der Waals surface area contributed by atoms with Gasteiger partial charge in [0.2, 0.25) is 0 Å². The molecule has 2 nitrogen and oxygen atoms in total. The van der Waals surface area contributed by atoms with Crippen LogP contribution in [0.3, 0.4) is 0 Å². The zero-order valence-electron chi connectivity index (χ0n) is 13.7. The topological polar surface area (TPSA) is 21.3 Å². The predicted octanol–water partition coefficient (Wildman–Crippen LogP) is 4.24. The van der Waals surface area contributed by atoms with Gasteiger partial charge < -0.3 is 10.1 Å². The van der Waals surface area contributed by atoms with Crippen LogP contribution in [0.5, 0.6) is 0 Å². The lowest BCUT2D eigenvalue weighted by molar-refractivity contribution is -0.0401. The molecule has 0 amide bonds. The molecule has 0 aromatic heterocycles. The Morgan fingerprint density at radius 3 is 2.11 bits per heavy atom. The van der Waals surface area contributed by atoms with Gasteiger partial charge in [-0.05, 0) is 37.6 Å². The van der Waals surface area contributed by atoms with E-state index in [9.17, 15) is 0 Å². The molecule has 0 fully saturated rings. The first-order chi connectivity index (χ1) is 8.36. The smallest absolute Gasteiger partial charge is 0.0776 e. The van der Waals surface area contributed by atoms with Crippen LogP contribution in [0.4, 0.5) is 0 Å². The lowest BCUT2D eigenvalue weighted by Crippen LogP contribution is -2.49. The molecule has 0 heterocycles. The molecule has 0 radical (unpaired) electrons. The van der Waals surface area contributed by atoms with E-state index in [1.54, 1.807) is 0 Å². The van der Waals surface area contributed by atoms with Crippen LogP contribution in [0, 0.1) is 11.3 Å². The summed E-state index contributed by atoms with van der Waals surface area (Å²) in [4.78, 5) is 0. The van der Waals surface area contributed by atoms with Crippen molar-refractivity contribution in [3.63, 3.8) is 0 Å². The van der Waals surface area contributed by atoms with Crippen molar-refractivity contribution in [2.24, 2.45) is 11.3 Å². The number of hydrogen-bond acceptors (Lipinski definition) is 2. The van der Waals surface area contributed by atoms with Gasteiger partial charge in [-0.15, -0.1) is 0 Å². The fourth-order valence-electron chi connectivity index (χ4n) is 2.39. The lowest BCUT2D eigenvalue weighted by Gasteiger charge is -2.38. The molecule has 0 aliphatic rings. The molecule has 2 heteroatoms. The fraction of sp³-hybridized carbons (Fsp3) is 1.00. The first-order valence-electron chi connectivity index (χ1n) is 7.71.